The zero-order chi connectivity index (χ0) is 17.7. The summed E-state index contributed by atoms with van der Waals surface area (Å²) in [6.07, 6.45) is 3.20. The summed E-state index contributed by atoms with van der Waals surface area (Å²) in [5.74, 6) is 0. The minimum atomic E-state index is -0.449. The molecular formula is C15H12ClN5O3S. The lowest BCUT2D eigenvalue weighted by Gasteiger charge is -2.05. The Labute approximate surface area is 149 Å². The van der Waals surface area contributed by atoms with Crippen molar-refractivity contribution in [1.82, 2.24) is 23.7 Å². The average molecular weight is 378 g/mol. The summed E-state index contributed by atoms with van der Waals surface area (Å²) >= 11 is 7.69. The molecule has 0 saturated carbocycles. The van der Waals surface area contributed by atoms with Crippen molar-refractivity contribution in [3.8, 4) is 10.6 Å². The van der Waals surface area contributed by atoms with Crippen LogP contribution < -0.4 is 11.2 Å². The molecule has 10 heteroatoms. The second-order valence-corrected chi connectivity index (χ2v) is 6.70. The highest BCUT2D eigenvalue weighted by Gasteiger charge is 2.19. The van der Waals surface area contributed by atoms with E-state index in [-0.39, 0.29) is 23.0 Å². The Morgan fingerprint density at radius 3 is 2.76 bits per heavy atom. The molecule has 0 N–H and O–H groups in total. The van der Waals surface area contributed by atoms with Crippen LogP contribution >= 0.6 is 22.9 Å². The van der Waals surface area contributed by atoms with Crippen LogP contribution in [0.5, 0.6) is 0 Å². The molecule has 0 aliphatic carbocycles. The van der Waals surface area contributed by atoms with Gasteiger partial charge in [-0.15, -0.1) is 11.3 Å². The lowest BCUT2D eigenvalue weighted by Crippen LogP contribution is -2.37. The number of imidazole rings is 1. The van der Waals surface area contributed by atoms with Crippen LogP contribution in [0.25, 0.3) is 21.7 Å². The van der Waals surface area contributed by atoms with Crippen molar-refractivity contribution in [2.45, 2.75) is 6.54 Å². The second-order valence-electron chi connectivity index (χ2n) is 5.50. The van der Waals surface area contributed by atoms with Crippen LogP contribution in [0.2, 0.25) is 5.28 Å². The van der Waals surface area contributed by atoms with Crippen molar-refractivity contribution in [1.29, 1.82) is 0 Å². The molecule has 0 amide bonds. The molecule has 0 aliphatic rings. The Hall–Kier alpha value is -2.65. The van der Waals surface area contributed by atoms with E-state index in [1.54, 1.807) is 24.1 Å². The quantitative estimate of drug-likeness (QED) is 0.508. The normalized spacial score (nSPS) is 11.5. The van der Waals surface area contributed by atoms with Gasteiger partial charge in [0.2, 0.25) is 5.28 Å². The fourth-order valence-electron chi connectivity index (χ4n) is 2.62. The van der Waals surface area contributed by atoms with Crippen molar-refractivity contribution in [2.24, 2.45) is 14.1 Å². The fraction of sp³-hybridized carbons (Fsp3) is 0.200. The van der Waals surface area contributed by atoms with E-state index in [2.05, 4.69) is 9.97 Å². The van der Waals surface area contributed by atoms with Crippen molar-refractivity contribution in [2.75, 3.05) is 0 Å². The van der Waals surface area contributed by atoms with Crippen LogP contribution in [0.1, 0.15) is 5.69 Å². The van der Waals surface area contributed by atoms with Crippen LogP contribution in [0.15, 0.2) is 38.0 Å². The van der Waals surface area contributed by atoms with E-state index >= 15 is 0 Å². The molecule has 4 rings (SSSR count). The number of rotatable bonds is 3. The number of halogens is 1. The fourth-order valence-corrected chi connectivity index (χ4v) is 3.65. The predicted octanol–water partition coefficient (Wildman–Crippen LogP) is 1.85. The predicted molar refractivity (Wildman–Crippen MR) is 94.1 cm³/mol. The van der Waals surface area contributed by atoms with E-state index < -0.39 is 11.2 Å². The second kappa shape index (κ2) is 5.71. The third kappa shape index (κ3) is 2.43. The van der Waals surface area contributed by atoms with E-state index in [1.807, 2.05) is 11.4 Å². The molecule has 0 spiro atoms. The molecule has 4 heterocycles. The summed E-state index contributed by atoms with van der Waals surface area (Å²) in [7, 11) is 2.98. The van der Waals surface area contributed by atoms with E-state index in [0.29, 0.717) is 0 Å². The summed E-state index contributed by atoms with van der Waals surface area (Å²) < 4.78 is 8.97. The third-order valence-electron chi connectivity index (χ3n) is 3.94. The first-order valence-electron chi connectivity index (χ1n) is 7.26. The molecule has 0 radical (unpaired) electrons. The van der Waals surface area contributed by atoms with Crippen molar-refractivity contribution < 1.29 is 4.42 Å². The van der Waals surface area contributed by atoms with Gasteiger partial charge in [0.05, 0.1) is 18.5 Å². The van der Waals surface area contributed by atoms with Gasteiger partial charge in [-0.2, -0.15) is 4.98 Å². The van der Waals surface area contributed by atoms with Crippen LogP contribution in [-0.2, 0) is 20.6 Å². The smallest absolute Gasteiger partial charge is 0.332 e. The van der Waals surface area contributed by atoms with Gasteiger partial charge in [0.25, 0.3) is 5.56 Å². The van der Waals surface area contributed by atoms with E-state index in [4.69, 9.17) is 16.0 Å². The van der Waals surface area contributed by atoms with Gasteiger partial charge in [-0.3, -0.25) is 13.9 Å². The average Bonchev–Trinajstić information content (AvgIpc) is 3.32. The number of aryl methyl sites for hydroxylation is 1. The SMILES string of the molecule is Cn1c(=O)c2c(nc(Cl)n2Cc2csc(-c3ccoc3)n2)n(C)c1=O. The first-order chi connectivity index (χ1) is 12.0. The monoisotopic (exact) mass is 377 g/mol. The minimum absolute atomic E-state index is 0.131. The molecule has 0 aliphatic heterocycles. The highest BCUT2D eigenvalue weighted by molar-refractivity contribution is 7.13. The number of fused-ring (bicyclic) bond motifs is 1. The zero-order valence-electron chi connectivity index (χ0n) is 13.3. The van der Waals surface area contributed by atoms with Gasteiger partial charge >= 0.3 is 5.69 Å². The van der Waals surface area contributed by atoms with Gasteiger partial charge in [-0.1, -0.05) is 0 Å². The van der Waals surface area contributed by atoms with Crippen molar-refractivity contribution in [3.05, 3.63) is 55.8 Å². The van der Waals surface area contributed by atoms with Crippen LogP contribution in [0.3, 0.4) is 0 Å². The molecule has 0 unspecified atom stereocenters. The maximum absolute atomic E-state index is 12.5. The number of thiazole rings is 1. The molecule has 0 fully saturated rings. The molecule has 4 aromatic rings. The molecule has 128 valence electrons. The number of hydrogen-bond donors (Lipinski definition) is 0. The van der Waals surface area contributed by atoms with Crippen LogP contribution in [-0.4, -0.2) is 23.7 Å². The number of nitrogens with zero attached hydrogens (tertiary/aromatic N) is 5. The van der Waals surface area contributed by atoms with Gasteiger partial charge in [-0.05, 0) is 17.7 Å². The van der Waals surface area contributed by atoms with Gasteiger partial charge in [0.1, 0.15) is 11.3 Å². The first kappa shape index (κ1) is 15.9. The molecule has 0 bridgehead atoms. The van der Waals surface area contributed by atoms with Crippen LogP contribution in [0, 0.1) is 0 Å². The van der Waals surface area contributed by atoms with E-state index in [0.717, 1.165) is 20.8 Å². The topological polar surface area (TPSA) is 87.8 Å². The molecule has 25 heavy (non-hydrogen) atoms. The maximum Gasteiger partial charge on any atom is 0.332 e. The summed E-state index contributed by atoms with van der Waals surface area (Å²) in [5, 5.41) is 2.83. The highest BCUT2D eigenvalue weighted by Crippen LogP contribution is 2.25. The molecule has 8 nitrogen and oxygen atoms in total. The standard InChI is InChI=1S/C15H12ClN5O3S/c1-19-11-10(13(22)20(2)15(19)23)21(14(16)18-11)5-9-7-25-12(17-9)8-3-4-24-6-8/h3-4,6-7H,5H2,1-2H3. The van der Waals surface area contributed by atoms with Crippen molar-refractivity contribution in [3.63, 3.8) is 0 Å². The molecular weight excluding hydrogens is 366 g/mol. The zero-order valence-corrected chi connectivity index (χ0v) is 14.8. The lowest BCUT2D eigenvalue weighted by molar-refractivity contribution is 0.568. The van der Waals surface area contributed by atoms with Gasteiger partial charge < -0.3 is 8.98 Å². The minimum Gasteiger partial charge on any atom is -0.472 e. The lowest BCUT2D eigenvalue weighted by atomic mass is 10.3. The van der Waals surface area contributed by atoms with Gasteiger partial charge in [-0.25, -0.2) is 9.78 Å². The molecule has 0 aromatic carbocycles. The van der Waals surface area contributed by atoms with Crippen LogP contribution in [0.4, 0.5) is 0 Å². The van der Waals surface area contributed by atoms with Gasteiger partial charge in [0, 0.05) is 25.0 Å². The number of aromatic nitrogens is 5. The summed E-state index contributed by atoms with van der Waals surface area (Å²) in [6, 6.07) is 1.83. The molecule has 4 aromatic heterocycles. The summed E-state index contributed by atoms with van der Waals surface area (Å²) in [6.45, 7) is 0.275. The van der Waals surface area contributed by atoms with E-state index in [9.17, 15) is 9.59 Å². The number of hydrogen-bond acceptors (Lipinski definition) is 6. The third-order valence-corrected chi connectivity index (χ3v) is 5.17. The Balaban J connectivity index is 1.84. The number of furan rings is 1. The molecule has 0 saturated heterocycles. The Bertz CT molecular complexity index is 1200. The van der Waals surface area contributed by atoms with Gasteiger partial charge in [0.15, 0.2) is 11.2 Å². The Morgan fingerprint density at radius 2 is 2.04 bits per heavy atom. The largest absolute Gasteiger partial charge is 0.472 e. The highest BCUT2D eigenvalue weighted by atomic mass is 35.5. The summed E-state index contributed by atoms with van der Waals surface area (Å²) in [5.41, 5.74) is 1.25. The summed E-state index contributed by atoms with van der Waals surface area (Å²) in [4.78, 5) is 33.3. The molecule has 0 atom stereocenters. The van der Waals surface area contributed by atoms with E-state index in [1.165, 1.54) is 23.0 Å². The maximum atomic E-state index is 12.5. The Morgan fingerprint density at radius 1 is 1.24 bits per heavy atom. The first-order valence-corrected chi connectivity index (χ1v) is 8.52. The Kier molecular flexibility index (Phi) is 3.62. The van der Waals surface area contributed by atoms with Crippen molar-refractivity contribution >= 4 is 34.1 Å².